The number of carbonyl (C=O) groups excluding carboxylic acids is 2. The molecule has 0 atom stereocenters. The number of nitrogens with one attached hydrogen (secondary N) is 3. The average molecular weight is 443 g/mol. The van der Waals surface area contributed by atoms with Crippen molar-refractivity contribution >= 4 is 23.5 Å². The third-order valence-electron chi connectivity index (χ3n) is 6.14. The van der Waals surface area contributed by atoms with Crippen molar-refractivity contribution in [2.24, 2.45) is 4.99 Å². The predicted molar refractivity (Wildman–Crippen MR) is 129 cm³/mol. The van der Waals surface area contributed by atoms with Crippen molar-refractivity contribution in [3.8, 4) is 0 Å². The number of benzene rings is 1. The highest BCUT2D eigenvalue weighted by molar-refractivity contribution is 5.95. The summed E-state index contributed by atoms with van der Waals surface area (Å²) in [6.07, 6.45) is 5.16. The van der Waals surface area contributed by atoms with Crippen LogP contribution in [0.5, 0.6) is 0 Å². The van der Waals surface area contributed by atoms with Gasteiger partial charge in [-0.05, 0) is 43.7 Å². The standard InChI is InChI=1S/C24H38N6O2/c1-3-13-26-22(31)18-29-15-11-20(12-16-29)28-24(25-2)27-14-6-9-23(32)30-17-10-19-7-4-5-8-21(19)30/h4-5,7-8,20H,3,6,9-18H2,1-2H3,(H,26,31)(H2,25,27,28). The summed E-state index contributed by atoms with van der Waals surface area (Å²) in [6.45, 7) is 6.58. The number of carbonyl (C=O) groups is 2. The van der Waals surface area contributed by atoms with Crippen LogP contribution >= 0.6 is 0 Å². The molecule has 2 heterocycles. The van der Waals surface area contributed by atoms with Crippen LogP contribution in [0, 0.1) is 0 Å². The van der Waals surface area contributed by atoms with E-state index in [2.05, 4.69) is 38.8 Å². The molecule has 0 bridgehead atoms. The van der Waals surface area contributed by atoms with Gasteiger partial charge in [0, 0.05) is 57.9 Å². The summed E-state index contributed by atoms with van der Waals surface area (Å²) in [4.78, 5) is 33.0. The Hall–Kier alpha value is -2.61. The third kappa shape index (κ3) is 6.95. The summed E-state index contributed by atoms with van der Waals surface area (Å²) in [7, 11) is 1.77. The second-order valence-electron chi connectivity index (χ2n) is 8.57. The molecule has 3 rings (SSSR count). The Bertz CT molecular complexity index is 788. The molecule has 2 aliphatic heterocycles. The Kier molecular flexibility index (Phi) is 9.34. The lowest BCUT2D eigenvalue weighted by Crippen LogP contribution is -2.50. The van der Waals surface area contributed by atoms with Crippen LogP contribution in [-0.4, -0.2) is 75.0 Å². The maximum absolute atomic E-state index is 12.6. The number of aliphatic imine (C=N–C) groups is 1. The first-order valence-corrected chi connectivity index (χ1v) is 11.9. The third-order valence-corrected chi connectivity index (χ3v) is 6.14. The van der Waals surface area contributed by atoms with E-state index < -0.39 is 0 Å². The normalized spacial score (nSPS) is 17.2. The highest BCUT2D eigenvalue weighted by atomic mass is 16.2. The summed E-state index contributed by atoms with van der Waals surface area (Å²) in [5.41, 5.74) is 2.33. The van der Waals surface area contributed by atoms with Crippen LogP contribution in [0.15, 0.2) is 29.3 Å². The van der Waals surface area contributed by atoms with E-state index >= 15 is 0 Å². The molecular weight excluding hydrogens is 404 g/mol. The first-order valence-electron chi connectivity index (χ1n) is 11.9. The van der Waals surface area contributed by atoms with E-state index in [9.17, 15) is 9.59 Å². The van der Waals surface area contributed by atoms with Crippen LogP contribution in [0.25, 0.3) is 0 Å². The fraction of sp³-hybridized carbons (Fsp3) is 0.625. The first-order chi connectivity index (χ1) is 15.6. The van der Waals surface area contributed by atoms with E-state index in [1.807, 2.05) is 23.1 Å². The van der Waals surface area contributed by atoms with Crippen molar-refractivity contribution < 1.29 is 9.59 Å². The van der Waals surface area contributed by atoms with Crippen molar-refractivity contribution in [2.45, 2.75) is 51.5 Å². The Morgan fingerprint density at radius 1 is 1.09 bits per heavy atom. The minimum atomic E-state index is 0.114. The number of fused-ring (bicyclic) bond motifs is 1. The molecule has 0 unspecified atom stereocenters. The largest absolute Gasteiger partial charge is 0.356 e. The van der Waals surface area contributed by atoms with Gasteiger partial charge in [0.2, 0.25) is 11.8 Å². The van der Waals surface area contributed by atoms with Gasteiger partial charge < -0.3 is 20.9 Å². The van der Waals surface area contributed by atoms with Crippen LogP contribution in [0.2, 0.25) is 0 Å². The van der Waals surface area contributed by atoms with Gasteiger partial charge in [0.15, 0.2) is 5.96 Å². The first kappa shape index (κ1) is 24.0. The van der Waals surface area contributed by atoms with E-state index in [0.717, 1.165) is 69.9 Å². The summed E-state index contributed by atoms with van der Waals surface area (Å²) < 4.78 is 0. The van der Waals surface area contributed by atoms with E-state index in [0.29, 0.717) is 25.6 Å². The van der Waals surface area contributed by atoms with Gasteiger partial charge in [0.25, 0.3) is 0 Å². The molecule has 2 amide bonds. The molecule has 0 radical (unpaired) electrons. The smallest absolute Gasteiger partial charge is 0.234 e. The summed E-state index contributed by atoms with van der Waals surface area (Å²) >= 11 is 0. The summed E-state index contributed by atoms with van der Waals surface area (Å²) in [5.74, 6) is 1.08. The van der Waals surface area contributed by atoms with Crippen LogP contribution in [0.1, 0.15) is 44.6 Å². The number of hydrogen-bond donors (Lipinski definition) is 3. The van der Waals surface area contributed by atoms with Crippen LogP contribution in [-0.2, 0) is 16.0 Å². The van der Waals surface area contributed by atoms with Crippen LogP contribution in [0.3, 0.4) is 0 Å². The molecular formula is C24H38N6O2. The van der Waals surface area contributed by atoms with E-state index in [1.165, 1.54) is 5.56 Å². The number of hydrogen-bond acceptors (Lipinski definition) is 4. The SMILES string of the molecule is CCCNC(=O)CN1CCC(NC(=NC)NCCCC(=O)N2CCc3ccccc32)CC1. The topological polar surface area (TPSA) is 89.1 Å². The molecule has 0 aromatic heterocycles. The molecule has 1 aromatic rings. The maximum atomic E-state index is 12.6. The van der Waals surface area contributed by atoms with Gasteiger partial charge in [-0.15, -0.1) is 0 Å². The zero-order valence-corrected chi connectivity index (χ0v) is 19.5. The van der Waals surface area contributed by atoms with Gasteiger partial charge >= 0.3 is 0 Å². The van der Waals surface area contributed by atoms with Crippen LogP contribution < -0.4 is 20.9 Å². The maximum Gasteiger partial charge on any atom is 0.234 e. The molecule has 8 heteroatoms. The molecule has 176 valence electrons. The highest BCUT2D eigenvalue weighted by Crippen LogP contribution is 2.27. The second kappa shape index (κ2) is 12.4. The number of guanidine groups is 1. The van der Waals surface area contributed by atoms with E-state index in [4.69, 9.17) is 0 Å². The second-order valence-corrected chi connectivity index (χ2v) is 8.57. The predicted octanol–water partition coefficient (Wildman–Crippen LogP) is 1.51. The number of anilines is 1. The van der Waals surface area contributed by atoms with Gasteiger partial charge in [-0.25, -0.2) is 0 Å². The van der Waals surface area contributed by atoms with Gasteiger partial charge in [0.05, 0.1) is 6.54 Å². The molecule has 1 saturated heterocycles. The minimum Gasteiger partial charge on any atom is -0.356 e. The van der Waals surface area contributed by atoms with Gasteiger partial charge in [-0.1, -0.05) is 25.1 Å². The lowest BCUT2D eigenvalue weighted by Gasteiger charge is -2.32. The number of likely N-dealkylation sites (tertiary alicyclic amines) is 1. The number of piperidine rings is 1. The van der Waals surface area contributed by atoms with Crippen molar-refractivity contribution in [1.82, 2.24) is 20.9 Å². The fourth-order valence-electron chi connectivity index (χ4n) is 4.33. The highest BCUT2D eigenvalue weighted by Gasteiger charge is 2.24. The van der Waals surface area contributed by atoms with Crippen molar-refractivity contribution in [3.63, 3.8) is 0 Å². The Morgan fingerprint density at radius 3 is 2.62 bits per heavy atom. The lowest BCUT2D eigenvalue weighted by atomic mass is 10.1. The molecule has 3 N–H and O–H groups in total. The van der Waals surface area contributed by atoms with E-state index in [-0.39, 0.29) is 11.8 Å². The molecule has 2 aliphatic rings. The van der Waals surface area contributed by atoms with Crippen molar-refractivity contribution in [3.05, 3.63) is 29.8 Å². The Labute approximate surface area is 191 Å². The number of nitrogens with zero attached hydrogens (tertiary/aromatic N) is 3. The van der Waals surface area contributed by atoms with Crippen LogP contribution in [0.4, 0.5) is 5.69 Å². The molecule has 1 fully saturated rings. The quantitative estimate of drug-likeness (QED) is 0.307. The Balaban J connectivity index is 1.31. The van der Waals surface area contributed by atoms with Gasteiger partial charge in [-0.3, -0.25) is 19.5 Å². The lowest BCUT2D eigenvalue weighted by molar-refractivity contribution is -0.122. The number of amides is 2. The van der Waals surface area contributed by atoms with Gasteiger partial charge in [-0.2, -0.15) is 0 Å². The molecule has 0 aliphatic carbocycles. The van der Waals surface area contributed by atoms with Crippen molar-refractivity contribution in [1.29, 1.82) is 0 Å². The van der Waals surface area contributed by atoms with E-state index in [1.54, 1.807) is 7.05 Å². The molecule has 0 spiro atoms. The minimum absolute atomic E-state index is 0.114. The monoisotopic (exact) mass is 442 g/mol. The average Bonchev–Trinajstić information content (AvgIpc) is 3.25. The fourth-order valence-corrected chi connectivity index (χ4v) is 4.33. The molecule has 1 aromatic carbocycles. The molecule has 8 nitrogen and oxygen atoms in total. The summed E-state index contributed by atoms with van der Waals surface area (Å²) in [5, 5.41) is 9.76. The Morgan fingerprint density at radius 2 is 1.88 bits per heavy atom. The number of para-hydroxylation sites is 1. The number of rotatable bonds is 9. The zero-order chi connectivity index (χ0) is 22.8. The summed E-state index contributed by atoms with van der Waals surface area (Å²) in [6, 6.07) is 8.51. The zero-order valence-electron chi connectivity index (χ0n) is 19.5. The van der Waals surface area contributed by atoms with Gasteiger partial charge in [0.1, 0.15) is 0 Å². The molecule has 32 heavy (non-hydrogen) atoms. The molecule has 0 saturated carbocycles. The van der Waals surface area contributed by atoms with Crippen molar-refractivity contribution in [2.75, 3.05) is 51.2 Å².